The fourth-order valence-electron chi connectivity index (χ4n) is 3.88. The number of hydrogen-bond acceptors (Lipinski definition) is 7. The van der Waals surface area contributed by atoms with Crippen molar-refractivity contribution in [3.05, 3.63) is 65.7 Å². The van der Waals surface area contributed by atoms with Gasteiger partial charge >= 0.3 is 0 Å². The molecule has 4 aromatic rings. The minimum atomic E-state index is -0.291. The van der Waals surface area contributed by atoms with Crippen molar-refractivity contribution in [3.8, 4) is 17.1 Å². The largest absolute Gasteiger partial charge is 0.489 e. The number of nitrogens with zero attached hydrogens (tertiary/aromatic N) is 6. The Balaban J connectivity index is 1.26. The molecule has 0 aliphatic carbocycles. The maximum atomic E-state index is 14.6. The molecule has 0 spiro atoms. The zero-order valence-corrected chi connectivity index (χ0v) is 18.4. The predicted octanol–water partition coefficient (Wildman–Crippen LogP) is 3.10. The summed E-state index contributed by atoms with van der Waals surface area (Å²) < 4.78 is 27.4. The van der Waals surface area contributed by atoms with E-state index in [1.54, 1.807) is 36.1 Å². The Bertz CT molecular complexity index is 1240. The van der Waals surface area contributed by atoms with Crippen LogP contribution in [0.3, 0.4) is 0 Å². The average molecular weight is 449 g/mol. The lowest BCUT2D eigenvalue weighted by Crippen LogP contribution is -2.38. The highest BCUT2D eigenvalue weighted by Crippen LogP contribution is 2.22. The fraction of sp³-hybridized carbons (Fsp3) is 0.333. The van der Waals surface area contributed by atoms with Crippen molar-refractivity contribution in [2.24, 2.45) is 0 Å². The maximum Gasteiger partial charge on any atom is 0.159 e. The van der Waals surface area contributed by atoms with Gasteiger partial charge in [0.05, 0.1) is 32.2 Å². The van der Waals surface area contributed by atoms with Crippen LogP contribution < -0.4 is 4.74 Å². The summed E-state index contributed by atoms with van der Waals surface area (Å²) in [6.45, 7) is 6.99. The number of morpholine rings is 1. The molecule has 0 bridgehead atoms. The molecule has 3 heterocycles. The highest BCUT2D eigenvalue weighted by Gasteiger charge is 2.13. The topological polar surface area (TPSA) is 78.2 Å². The molecule has 8 nitrogen and oxygen atoms in total. The lowest BCUT2D eigenvalue weighted by molar-refractivity contribution is 0.0322. The average Bonchev–Trinajstić information content (AvgIpc) is 3.26. The molecule has 0 radical (unpaired) electrons. The van der Waals surface area contributed by atoms with Gasteiger partial charge in [-0.3, -0.25) is 4.90 Å². The Morgan fingerprint density at radius 3 is 2.73 bits per heavy atom. The Morgan fingerprint density at radius 1 is 1.09 bits per heavy atom. The van der Waals surface area contributed by atoms with E-state index in [1.807, 2.05) is 24.3 Å². The molecule has 2 aromatic heterocycles. The zero-order valence-electron chi connectivity index (χ0n) is 18.4. The Morgan fingerprint density at radius 2 is 1.91 bits per heavy atom. The first-order valence-electron chi connectivity index (χ1n) is 11.0. The lowest BCUT2D eigenvalue weighted by atomic mass is 10.1. The summed E-state index contributed by atoms with van der Waals surface area (Å²) in [5, 5.41) is 8.22. The van der Waals surface area contributed by atoms with Gasteiger partial charge < -0.3 is 9.47 Å². The minimum Gasteiger partial charge on any atom is -0.489 e. The van der Waals surface area contributed by atoms with E-state index < -0.39 is 0 Å². The first-order valence-corrected chi connectivity index (χ1v) is 11.0. The number of aromatic nitrogens is 5. The molecule has 1 saturated heterocycles. The van der Waals surface area contributed by atoms with Crippen molar-refractivity contribution in [3.63, 3.8) is 0 Å². The molecule has 170 valence electrons. The number of rotatable bonds is 7. The number of ether oxygens (including phenoxy) is 2. The van der Waals surface area contributed by atoms with Crippen molar-refractivity contribution in [2.45, 2.75) is 13.5 Å². The summed E-state index contributed by atoms with van der Waals surface area (Å²) in [5.41, 5.74) is 3.35. The van der Waals surface area contributed by atoms with E-state index in [0.717, 1.165) is 44.0 Å². The van der Waals surface area contributed by atoms with Gasteiger partial charge in [-0.25, -0.2) is 19.0 Å². The van der Waals surface area contributed by atoms with Gasteiger partial charge in [0.25, 0.3) is 0 Å². The van der Waals surface area contributed by atoms with E-state index in [9.17, 15) is 4.39 Å². The predicted molar refractivity (Wildman–Crippen MR) is 122 cm³/mol. The van der Waals surface area contributed by atoms with E-state index in [2.05, 4.69) is 25.2 Å². The second-order valence-corrected chi connectivity index (χ2v) is 8.06. The lowest BCUT2D eigenvalue weighted by Gasteiger charge is -2.26. The smallest absolute Gasteiger partial charge is 0.159 e. The molecule has 1 fully saturated rings. The third-order valence-corrected chi connectivity index (χ3v) is 5.73. The van der Waals surface area contributed by atoms with Crippen LogP contribution in [0.1, 0.15) is 11.1 Å². The number of benzene rings is 2. The molecule has 0 N–H and O–H groups in total. The van der Waals surface area contributed by atoms with Crippen molar-refractivity contribution in [2.75, 3.05) is 39.5 Å². The Kier molecular flexibility index (Phi) is 6.23. The third kappa shape index (κ3) is 4.84. The summed E-state index contributed by atoms with van der Waals surface area (Å²) >= 11 is 0. The van der Waals surface area contributed by atoms with Gasteiger partial charge in [-0.15, -0.1) is 5.10 Å². The van der Waals surface area contributed by atoms with Crippen LogP contribution in [0.5, 0.6) is 5.75 Å². The van der Waals surface area contributed by atoms with Gasteiger partial charge in [-0.1, -0.05) is 29.5 Å². The monoisotopic (exact) mass is 448 g/mol. The molecule has 0 atom stereocenters. The van der Waals surface area contributed by atoms with Crippen LogP contribution in [0.25, 0.3) is 22.4 Å². The van der Waals surface area contributed by atoms with Crippen LogP contribution in [-0.4, -0.2) is 69.3 Å². The quantitative estimate of drug-likeness (QED) is 0.430. The number of hydrogen-bond donors (Lipinski definition) is 0. The normalized spacial score (nSPS) is 14.6. The molecule has 1 aliphatic rings. The standard InChI is InChI=1S/C24H25FN6O2/c1-17-5-6-21-23(22(17)25)31(29-28-21)16-18-3-2-4-19(13-18)24-26-14-20(15-27-24)33-12-9-30-7-10-32-11-8-30/h2-6,13-15H,7-12,16H2,1H3. The summed E-state index contributed by atoms with van der Waals surface area (Å²) in [4.78, 5) is 11.2. The summed E-state index contributed by atoms with van der Waals surface area (Å²) in [5.74, 6) is 0.951. The van der Waals surface area contributed by atoms with Crippen molar-refractivity contribution < 1.29 is 13.9 Å². The van der Waals surface area contributed by atoms with Gasteiger partial charge in [0.15, 0.2) is 17.4 Å². The van der Waals surface area contributed by atoms with Crippen molar-refractivity contribution in [1.29, 1.82) is 0 Å². The summed E-state index contributed by atoms with van der Waals surface area (Å²) in [6.07, 6.45) is 3.38. The number of fused-ring (bicyclic) bond motifs is 1. The summed E-state index contributed by atoms with van der Waals surface area (Å²) in [7, 11) is 0. The van der Waals surface area contributed by atoms with Crippen molar-refractivity contribution >= 4 is 11.0 Å². The van der Waals surface area contributed by atoms with Gasteiger partial charge in [-0.05, 0) is 30.2 Å². The molecule has 0 amide bonds. The first-order chi connectivity index (χ1) is 16.2. The molecule has 9 heteroatoms. The van der Waals surface area contributed by atoms with Gasteiger partial charge in [0, 0.05) is 25.2 Å². The van der Waals surface area contributed by atoms with Crippen LogP contribution in [0.15, 0.2) is 48.8 Å². The second kappa shape index (κ2) is 9.60. The van der Waals surface area contributed by atoms with E-state index in [4.69, 9.17) is 9.47 Å². The molecule has 0 saturated carbocycles. The second-order valence-electron chi connectivity index (χ2n) is 8.06. The molecule has 5 rings (SSSR count). The zero-order chi connectivity index (χ0) is 22.6. The van der Waals surface area contributed by atoms with Gasteiger partial charge in [0.1, 0.15) is 17.6 Å². The molecule has 0 unspecified atom stereocenters. The van der Waals surface area contributed by atoms with E-state index >= 15 is 0 Å². The molecular weight excluding hydrogens is 423 g/mol. The minimum absolute atomic E-state index is 0.291. The third-order valence-electron chi connectivity index (χ3n) is 5.73. The van der Waals surface area contributed by atoms with Gasteiger partial charge in [0.2, 0.25) is 0 Å². The SMILES string of the molecule is Cc1ccc2nnn(Cc3cccc(-c4ncc(OCCN5CCOCC5)cn4)c3)c2c1F. The van der Waals surface area contributed by atoms with E-state index in [0.29, 0.717) is 41.3 Å². The maximum absolute atomic E-state index is 14.6. The first kappa shape index (κ1) is 21.4. The van der Waals surface area contributed by atoms with Crippen LogP contribution >= 0.6 is 0 Å². The number of halogens is 1. The summed E-state index contributed by atoms with van der Waals surface area (Å²) in [6, 6.07) is 11.3. The van der Waals surface area contributed by atoms with Crippen LogP contribution in [0.2, 0.25) is 0 Å². The highest BCUT2D eigenvalue weighted by atomic mass is 19.1. The molecule has 2 aromatic carbocycles. The number of aryl methyl sites for hydroxylation is 1. The van der Waals surface area contributed by atoms with E-state index in [1.165, 1.54) is 0 Å². The van der Waals surface area contributed by atoms with Crippen LogP contribution in [0, 0.1) is 12.7 Å². The Labute approximate surface area is 191 Å². The van der Waals surface area contributed by atoms with Crippen LogP contribution in [-0.2, 0) is 11.3 Å². The van der Waals surface area contributed by atoms with Crippen LogP contribution in [0.4, 0.5) is 4.39 Å². The van der Waals surface area contributed by atoms with Gasteiger partial charge in [-0.2, -0.15) is 0 Å². The highest BCUT2D eigenvalue weighted by molar-refractivity contribution is 5.76. The van der Waals surface area contributed by atoms with E-state index in [-0.39, 0.29) is 5.82 Å². The molecule has 33 heavy (non-hydrogen) atoms. The van der Waals surface area contributed by atoms with Crippen molar-refractivity contribution in [1.82, 2.24) is 29.9 Å². The molecular formula is C24H25FN6O2. The fourth-order valence-corrected chi connectivity index (χ4v) is 3.88. The molecule has 1 aliphatic heterocycles. The Hall–Kier alpha value is -3.43.